The average molecular weight is 1120 g/mol. The number of rotatable bonds is 13. The molecular weight excluding hydrogens is 1040 g/mol. The number of ether oxygens (including phenoxy) is 5. The molecule has 16 nitrogen and oxygen atoms in total. The van der Waals surface area contributed by atoms with Crippen LogP contribution in [0.4, 0.5) is 22.4 Å². The average Bonchev–Trinajstić information content (AvgIpc) is 4.32. The summed E-state index contributed by atoms with van der Waals surface area (Å²) < 4.78 is 84.0. The third-order valence-electron chi connectivity index (χ3n) is 16.5. The Labute approximate surface area is 469 Å². The van der Waals surface area contributed by atoms with E-state index in [1.807, 2.05) is 90.6 Å². The minimum Gasteiger partial charge on any atom is -0.487 e. The van der Waals surface area contributed by atoms with Gasteiger partial charge in [-0.25, -0.2) is 22.4 Å². The normalized spacial score (nSPS) is 24.7. The van der Waals surface area contributed by atoms with Crippen LogP contribution >= 0.6 is 0 Å². The van der Waals surface area contributed by atoms with Crippen molar-refractivity contribution in [3.05, 3.63) is 95.6 Å². The van der Waals surface area contributed by atoms with Crippen molar-refractivity contribution in [2.45, 2.75) is 174 Å². The lowest BCUT2D eigenvalue weighted by atomic mass is 9.85. The number of halogens is 4. The van der Waals surface area contributed by atoms with Crippen molar-refractivity contribution in [2.75, 3.05) is 59.7 Å². The van der Waals surface area contributed by atoms with Gasteiger partial charge in [0, 0.05) is 96.0 Å². The van der Waals surface area contributed by atoms with E-state index < -0.39 is 64.9 Å². The van der Waals surface area contributed by atoms with Crippen LogP contribution in [0.1, 0.15) is 106 Å². The Hall–Kier alpha value is -5.54. The molecule has 3 aromatic carbocycles. The number of carbonyl (C=O) groups is 4. The summed E-state index contributed by atoms with van der Waals surface area (Å²) in [4.78, 5) is 63.8. The lowest BCUT2D eigenvalue weighted by Crippen LogP contribution is -2.60. The summed E-state index contributed by atoms with van der Waals surface area (Å²) in [5.74, 6) is -4.17. The number of nitrogens with one attached hydrogen (secondary N) is 1. The number of fused-ring (bicyclic) bond motifs is 2. The number of nitrogens with two attached hydrogens (primary N) is 1. The Morgan fingerprint density at radius 3 is 1.54 bits per heavy atom. The first-order valence-corrected chi connectivity index (χ1v) is 28.5. The number of likely N-dealkylation sites (N-methyl/N-ethyl adjacent to an activating group) is 1. The van der Waals surface area contributed by atoms with Gasteiger partial charge >= 0.3 is 6.09 Å². The first-order chi connectivity index (χ1) is 38.0. The van der Waals surface area contributed by atoms with Gasteiger partial charge in [0.2, 0.25) is 17.7 Å². The Kier molecular flexibility index (Phi) is 21.0. The zero-order valence-corrected chi connectivity index (χ0v) is 48.3. The molecule has 0 unspecified atom stereocenters. The summed E-state index contributed by atoms with van der Waals surface area (Å²) in [5.41, 5.74) is 6.11. The minimum absolute atomic E-state index is 0.00175. The molecular formula is C60H85F4N7O9. The minimum atomic E-state index is -1.00. The van der Waals surface area contributed by atoms with Crippen LogP contribution in [0.15, 0.2) is 66.7 Å². The molecule has 0 radical (unpaired) electrons. The zero-order valence-electron chi connectivity index (χ0n) is 48.3. The largest absolute Gasteiger partial charge is 0.487 e. The first kappa shape index (κ1) is 62.1. The van der Waals surface area contributed by atoms with E-state index in [2.05, 4.69) is 15.1 Å². The van der Waals surface area contributed by atoms with Crippen molar-refractivity contribution in [1.82, 2.24) is 29.8 Å². The van der Waals surface area contributed by atoms with Gasteiger partial charge in [-0.15, -0.1) is 0 Å². The molecule has 6 saturated heterocycles. The van der Waals surface area contributed by atoms with Gasteiger partial charge in [0.15, 0.2) is 23.3 Å². The van der Waals surface area contributed by atoms with Crippen LogP contribution in [0.2, 0.25) is 0 Å². The monoisotopic (exact) mass is 1120 g/mol. The highest BCUT2D eigenvalue weighted by molar-refractivity contribution is 5.92. The van der Waals surface area contributed by atoms with E-state index in [-0.39, 0.29) is 71.6 Å². The van der Waals surface area contributed by atoms with Gasteiger partial charge in [0.25, 0.3) is 0 Å². The fourth-order valence-corrected chi connectivity index (χ4v) is 12.0. The molecule has 442 valence electrons. The second-order valence-electron chi connectivity index (χ2n) is 23.8. The van der Waals surface area contributed by atoms with Gasteiger partial charge in [-0.1, -0.05) is 85.7 Å². The second-order valence-corrected chi connectivity index (χ2v) is 23.8. The van der Waals surface area contributed by atoms with Crippen molar-refractivity contribution in [1.29, 1.82) is 0 Å². The summed E-state index contributed by atoms with van der Waals surface area (Å²) >= 11 is 0. The third kappa shape index (κ3) is 14.6. The van der Waals surface area contributed by atoms with Gasteiger partial charge in [-0.05, 0) is 86.1 Å². The number of hydrogen-bond donors (Lipinski definition) is 2. The molecule has 6 fully saturated rings. The van der Waals surface area contributed by atoms with E-state index in [1.54, 1.807) is 11.8 Å². The van der Waals surface area contributed by atoms with E-state index >= 15 is 0 Å². The second kappa shape index (κ2) is 27.0. The molecule has 20 heteroatoms. The van der Waals surface area contributed by atoms with Crippen LogP contribution in [0.3, 0.4) is 0 Å². The van der Waals surface area contributed by atoms with Crippen LogP contribution in [-0.2, 0) is 35.2 Å². The fraction of sp³-hybridized carbons (Fsp3) is 0.633. The smallest absolute Gasteiger partial charge is 0.410 e. The lowest BCUT2D eigenvalue weighted by Gasteiger charge is -2.38. The van der Waals surface area contributed by atoms with Gasteiger partial charge < -0.3 is 44.5 Å². The van der Waals surface area contributed by atoms with Gasteiger partial charge in [-0.3, -0.25) is 29.1 Å². The number of nitrogens with zero attached hydrogens (tertiary/aromatic N) is 5. The first-order valence-electron chi connectivity index (χ1n) is 28.5. The van der Waals surface area contributed by atoms with Crippen molar-refractivity contribution < 1.29 is 60.4 Å². The summed E-state index contributed by atoms with van der Waals surface area (Å²) in [7, 11) is 1.49. The van der Waals surface area contributed by atoms with Crippen molar-refractivity contribution in [2.24, 2.45) is 16.6 Å². The Bertz CT molecular complexity index is 2560. The molecule has 80 heavy (non-hydrogen) atoms. The molecule has 3 N–H and O–H groups in total. The molecule has 6 heterocycles. The van der Waals surface area contributed by atoms with Crippen LogP contribution in [0, 0.1) is 34.1 Å². The van der Waals surface area contributed by atoms with Crippen LogP contribution in [-0.4, -0.2) is 175 Å². The number of hydrogen-bond acceptors (Lipinski definition) is 12. The van der Waals surface area contributed by atoms with Crippen LogP contribution in [0.5, 0.6) is 11.5 Å². The third-order valence-corrected chi connectivity index (χ3v) is 16.5. The maximum atomic E-state index is 14.4. The molecule has 3 aromatic rings. The van der Waals surface area contributed by atoms with Crippen LogP contribution in [0.25, 0.3) is 0 Å². The van der Waals surface area contributed by atoms with E-state index in [4.69, 9.17) is 29.4 Å². The van der Waals surface area contributed by atoms with Crippen molar-refractivity contribution in [3.8, 4) is 11.5 Å². The predicted molar refractivity (Wildman–Crippen MR) is 294 cm³/mol. The van der Waals surface area contributed by atoms with Crippen molar-refractivity contribution >= 4 is 23.8 Å². The van der Waals surface area contributed by atoms with Crippen LogP contribution < -0.4 is 20.5 Å². The highest BCUT2D eigenvalue weighted by Crippen LogP contribution is 2.41. The molecule has 6 aliphatic heterocycles. The van der Waals surface area contributed by atoms with E-state index in [0.717, 1.165) is 75.1 Å². The molecule has 0 aromatic heterocycles. The Morgan fingerprint density at radius 1 is 0.662 bits per heavy atom. The molecule has 4 amide bonds. The highest BCUT2D eigenvalue weighted by Gasteiger charge is 2.56. The maximum absolute atomic E-state index is 14.4. The molecule has 0 saturated carbocycles. The molecule has 0 bridgehead atoms. The topological polar surface area (TPSA) is 169 Å². The Morgan fingerprint density at radius 2 is 1.11 bits per heavy atom. The summed E-state index contributed by atoms with van der Waals surface area (Å²) in [6, 6.07) is 14.1. The molecule has 9 rings (SSSR count). The number of carbonyl (C=O) groups excluding carboxylic acids is 4. The molecule has 0 aliphatic carbocycles. The lowest BCUT2D eigenvalue weighted by molar-refractivity contribution is -0.142. The van der Waals surface area contributed by atoms with Gasteiger partial charge in [0.05, 0.1) is 18.1 Å². The van der Waals surface area contributed by atoms with E-state index in [1.165, 1.54) is 24.1 Å². The van der Waals surface area contributed by atoms with Gasteiger partial charge in [0.1, 0.15) is 42.4 Å². The summed E-state index contributed by atoms with van der Waals surface area (Å²) in [5, 5.41) is 2.93. The van der Waals surface area contributed by atoms with E-state index in [9.17, 15) is 36.7 Å². The predicted octanol–water partition coefficient (Wildman–Crippen LogP) is 7.94. The summed E-state index contributed by atoms with van der Waals surface area (Å²) in [6.07, 6.45) is 3.66. The van der Waals surface area contributed by atoms with Gasteiger partial charge in [-0.2, -0.15) is 0 Å². The highest BCUT2D eigenvalue weighted by atomic mass is 19.2. The number of amides is 4. The standard InChI is InChI=1S/C35H46F2N4O6.C23H33F2N3O3.C2H6/c1-22(39(5)34(44)46-21-23-9-7-6-8-10-23)32(42)38-31(35(2,3)4)33(43)40-16-13-28-30(40)29(20-41(28)24-14-17-45-18-15-24)47-25-11-12-26(36)27(37)19-25;1-23(2,3)21(26)22(29)27-9-6-18-20(27)19(13-28(18)14-7-10-30-11-8-14)31-15-4-5-16(24)17(25)12-15;1-2/h6-12,19,22,24,28-31H,13-18,20-21H2,1-5H3,(H,38,42);4-5,12,14,18-21H,6-11,13,26H2,1-3H3;1-2H3/t22-,28+,29-,30-,31+;18-,19+,20+,21-;/m01./s1. The molecule has 6 aliphatic rings. The Balaban J connectivity index is 0.000000242. The van der Waals surface area contributed by atoms with Crippen molar-refractivity contribution in [3.63, 3.8) is 0 Å². The maximum Gasteiger partial charge on any atom is 0.410 e. The quantitative estimate of drug-likeness (QED) is 0.159. The van der Waals surface area contributed by atoms with E-state index in [0.29, 0.717) is 51.9 Å². The number of likely N-dealkylation sites (tertiary alicyclic amines) is 4. The number of benzene rings is 3. The molecule has 9 atom stereocenters. The summed E-state index contributed by atoms with van der Waals surface area (Å²) in [6.45, 7) is 22.2. The SMILES string of the molecule is CC.CC(C)(C)[C@H](N)C(=O)N1CC[C@@H]2[C@H]1[C@@H](Oc1ccc(F)c(F)c1)CN2C1CCOCC1.C[C@@H](C(=O)N[C@H](C(=O)N1CC[C@@H]2[C@H]1[C@@H](Oc1ccc(F)c(F)c1)CN2C1CCOCC1)C(C)(C)C)N(C)C(=O)OCc1ccccc1. The molecule has 0 spiro atoms. The fourth-order valence-electron chi connectivity index (χ4n) is 12.0. The zero-order chi connectivity index (χ0) is 58.2.